The van der Waals surface area contributed by atoms with E-state index in [-0.39, 0.29) is 0 Å². The molecule has 0 radical (unpaired) electrons. The van der Waals surface area contributed by atoms with E-state index in [1.807, 2.05) is 26.5 Å². The molecule has 1 N–H and O–H groups in total. The first-order valence-corrected chi connectivity index (χ1v) is 7.31. The van der Waals surface area contributed by atoms with Crippen LogP contribution in [0.4, 0.5) is 0 Å². The molecule has 0 amide bonds. The van der Waals surface area contributed by atoms with Gasteiger partial charge in [-0.2, -0.15) is 0 Å². The van der Waals surface area contributed by atoms with Crippen molar-refractivity contribution in [3.05, 3.63) is 52.0 Å². The maximum absolute atomic E-state index is 4.38. The van der Waals surface area contributed by atoms with Crippen molar-refractivity contribution in [2.45, 2.75) is 25.8 Å². The third-order valence-electron chi connectivity index (χ3n) is 3.52. The van der Waals surface area contributed by atoms with Crippen molar-refractivity contribution in [1.82, 2.24) is 14.9 Å². The summed E-state index contributed by atoms with van der Waals surface area (Å²) in [5, 5.41) is 3.40. The molecule has 1 atom stereocenters. The molecule has 0 fully saturated rings. The number of aromatic nitrogens is 2. The molecular weight excluding hydrogens is 302 g/mol. The van der Waals surface area contributed by atoms with Gasteiger partial charge < -0.3 is 9.88 Å². The molecule has 102 valence electrons. The molecule has 1 heterocycles. The minimum absolute atomic E-state index is 0.339. The van der Waals surface area contributed by atoms with E-state index in [9.17, 15) is 0 Å². The van der Waals surface area contributed by atoms with E-state index in [4.69, 9.17) is 0 Å². The molecule has 3 nitrogen and oxygen atoms in total. The highest BCUT2D eigenvalue weighted by atomic mass is 79.9. The van der Waals surface area contributed by atoms with Crippen LogP contribution in [0, 0.1) is 6.92 Å². The highest BCUT2D eigenvalue weighted by molar-refractivity contribution is 9.10. The normalized spacial score (nSPS) is 12.6. The van der Waals surface area contributed by atoms with Gasteiger partial charge in [-0.3, -0.25) is 0 Å². The standard InChI is InChI=1S/C15H20BrN3/c1-11-5-4-6-12(15(11)16)13(17-2)7-8-14-18-9-10-19(14)3/h4-6,9-10,13,17H,7-8H2,1-3H3. The summed E-state index contributed by atoms with van der Waals surface area (Å²) < 4.78 is 3.28. The first-order chi connectivity index (χ1) is 9.13. The molecule has 1 unspecified atom stereocenters. The average molecular weight is 322 g/mol. The van der Waals surface area contributed by atoms with Crippen molar-refractivity contribution in [2.24, 2.45) is 7.05 Å². The summed E-state index contributed by atoms with van der Waals surface area (Å²) in [6, 6.07) is 6.75. The molecule has 1 aromatic carbocycles. The molecule has 0 saturated carbocycles. The first kappa shape index (κ1) is 14.3. The lowest BCUT2D eigenvalue weighted by Crippen LogP contribution is -2.18. The quantitative estimate of drug-likeness (QED) is 0.914. The summed E-state index contributed by atoms with van der Waals surface area (Å²) >= 11 is 3.69. The lowest BCUT2D eigenvalue weighted by molar-refractivity contribution is 0.534. The summed E-state index contributed by atoms with van der Waals surface area (Å²) in [6.07, 6.45) is 5.84. The van der Waals surface area contributed by atoms with Crippen LogP contribution in [-0.4, -0.2) is 16.6 Å². The lowest BCUT2D eigenvalue weighted by Gasteiger charge is -2.19. The molecule has 0 saturated heterocycles. The van der Waals surface area contributed by atoms with Crippen LogP contribution in [0.3, 0.4) is 0 Å². The molecule has 0 bridgehead atoms. The van der Waals surface area contributed by atoms with E-state index in [2.05, 4.69) is 55.9 Å². The number of imidazole rings is 1. The molecule has 0 aliphatic carbocycles. The molecule has 0 aliphatic rings. The molecule has 2 rings (SSSR count). The zero-order valence-corrected chi connectivity index (χ0v) is 13.2. The Kier molecular flexibility index (Phi) is 4.77. The Morgan fingerprint density at radius 1 is 1.42 bits per heavy atom. The molecule has 2 aromatic rings. The Labute approximate surface area is 123 Å². The van der Waals surface area contributed by atoms with Gasteiger partial charge in [0, 0.05) is 36.4 Å². The van der Waals surface area contributed by atoms with Crippen LogP contribution in [0.25, 0.3) is 0 Å². The number of nitrogens with one attached hydrogen (secondary N) is 1. The average Bonchev–Trinajstić information content (AvgIpc) is 2.80. The van der Waals surface area contributed by atoms with E-state index in [0.717, 1.165) is 18.7 Å². The van der Waals surface area contributed by atoms with Gasteiger partial charge in [0.2, 0.25) is 0 Å². The van der Waals surface area contributed by atoms with Crippen LogP contribution in [0.5, 0.6) is 0 Å². The molecule has 4 heteroatoms. The SMILES string of the molecule is CNC(CCc1nccn1C)c1cccc(C)c1Br. The van der Waals surface area contributed by atoms with E-state index in [1.165, 1.54) is 15.6 Å². The molecule has 0 spiro atoms. The van der Waals surface area contributed by atoms with Gasteiger partial charge in [0.05, 0.1) is 0 Å². The minimum atomic E-state index is 0.339. The first-order valence-electron chi connectivity index (χ1n) is 6.52. The molecule has 1 aromatic heterocycles. The van der Waals surface area contributed by atoms with Crippen molar-refractivity contribution in [2.75, 3.05) is 7.05 Å². The summed E-state index contributed by atoms with van der Waals surface area (Å²) in [5.41, 5.74) is 2.59. The van der Waals surface area contributed by atoms with Gasteiger partial charge in [-0.05, 0) is 31.5 Å². The smallest absolute Gasteiger partial charge is 0.108 e. The second-order valence-electron chi connectivity index (χ2n) is 4.81. The summed E-state index contributed by atoms with van der Waals surface area (Å²) in [5.74, 6) is 1.13. The van der Waals surface area contributed by atoms with Crippen molar-refractivity contribution in [3.63, 3.8) is 0 Å². The van der Waals surface area contributed by atoms with Crippen molar-refractivity contribution in [3.8, 4) is 0 Å². The fraction of sp³-hybridized carbons (Fsp3) is 0.400. The Morgan fingerprint density at radius 3 is 2.84 bits per heavy atom. The van der Waals surface area contributed by atoms with E-state index in [1.54, 1.807) is 0 Å². The van der Waals surface area contributed by atoms with Crippen LogP contribution < -0.4 is 5.32 Å². The van der Waals surface area contributed by atoms with Crippen LogP contribution in [-0.2, 0) is 13.5 Å². The number of benzene rings is 1. The monoisotopic (exact) mass is 321 g/mol. The third kappa shape index (κ3) is 3.25. The Balaban J connectivity index is 2.12. The fourth-order valence-electron chi connectivity index (χ4n) is 2.31. The van der Waals surface area contributed by atoms with Gasteiger partial charge in [0.25, 0.3) is 0 Å². The number of rotatable bonds is 5. The molecule has 19 heavy (non-hydrogen) atoms. The van der Waals surface area contributed by atoms with Crippen LogP contribution in [0.1, 0.15) is 29.4 Å². The van der Waals surface area contributed by atoms with E-state index >= 15 is 0 Å². The van der Waals surface area contributed by atoms with Gasteiger partial charge in [0.15, 0.2) is 0 Å². The van der Waals surface area contributed by atoms with Crippen molar-refractivity contribution >= 4 is 15.9 Å². The zero-order chi connectivity index (χ0) is 13.8. The Morgan fingerprint density at radius 2 is 2.21 bits per heavy atom. The van der Waals surface area contributed by atoms with Crippen molar-refractivity contribution < 1.29 is 0 Å². The summed E-state index contributed by atoms with van der Waals surface area (Å²) in [7, 11) is 4.05. The summed E-state index contributed by atoms with van der Waals surface area (Å²) in [6.45, 7) is 2.12. The number of nitrogens with zero attached hydrogens (tertiary/aromatic N) is 2. The van der Waals surface area contributed by atoms with Crippen molar-refractivity contribution in [1.29, 1.82) is 0 Å². The largest absolute Gasteiger partial charge is 0.338 e. The third-order valence-corrected chi connectivity index (χ3v) is 4.61. The topological polar surface area (TPSA) is 29.9 Å². The highest BCUT2D eigenvalue weighted by Gasteiger charge is 2.14. The molecule has 0 aliphatic heterocycles. The van der Waals surface area contributed by atoms with Gasteiger partial charge in [-0.25, -0.2) is 4.98 Å². The van der Waals surface area contributed by atoms with Gasteiger partial charge in [-0.15, -0.1) is 0 Å². The predicted octanol–water partition coefficient (Wildman–Crippen LogP) is 3.38. The van der Waals surface area contributed by atoms with E-state index in [0.29, 0.717) is 6.04 Å². The Hall–Kier alpha value is -1.13. The number of hydrogen-bond donors (Lipinski definition) is 1. The van der Waals surface area contributed by atoms with Gasteiger partial charge in [-0.1, -0.05) is 34.1 Å². The Bertz CT molecular complexity index is 548. The maximum Gasteiger partial charge on any atom is 0.108 e. The maximum atomic E-state index is 4.38. The van der Waals surface area contributed by atoms with Crippen LogP contribution >= 0.6 is 15.9 Å². The van der Waals surface area contributed by atoms with Crippen LogP contribution in [0.15, 0.2) is 35.1 Å². The minimum Gasteiger partial charge on any atom is -0.338 e. The number of hydrogen-bond acceptors (Lipinski definition) is 2. The lowest BCUT2D eigenvalue weighted by atomic mass is 10.00. The molecular formula is C15H20BrN3. The summed E-state index contributed by atoms with van der Waals surface area (Å²) in [4.78, 5) is 4.38. The van der Waals surface area contributed by atoms with Gasteiger partial charge in [0.1, 0.15) is 5.82 Å². The van der Waals surface area contributed by atoms with Crippen LogP contribution in [0.2, 0.25) is 0 Å². The number of halogens is 1. The fourth-order valence-corrected chi connectivity index (χ4v) is 2.85. The van der Waals surface area contributed by atoms with E-state index < -0.39 is 0 Å². The highest BCUT2D eigenvalue weighted by Crippen LogP contribution is 2.28. The number of aryl methyl sites for hydroxylation is 3. The predicted molar refractivity (Wildman–Crippen MR) is 82.2 cm³/mol. The second kappa shape index (κ2) is 6.35. The second-order valence-corrected chi connectivity index (χ2v) is 5.61. The van der Waals surface area contributed by atoms with Gasteiger partial charge >= 0.3 is 0 Å². The zero-order valence-electron chi connectivity index (χ0n) is 11.7.